The highest BCUT2D eigenvalue weighted by Gasteiger charge is 2.18. The summed E-state index contributed by atoms with van der Waals surface area (Å²) in [5.74, 6) is 0.771. The Hall–Kier alpha value is -1.81. The molecule has 2 aliphatic heterocycles. The Labute approximate surface area is 131 Å². The first-order valence-corrected chi connectivity index (χ1v) is 8.41. The van der Waals surface area contributed by atoms with Gasteiger partial charge in [-0.25, -0.2) is 4.98 Å². The van der Waals surface area contributed by atoms with E-state index in [-0.39, 0.29) is 0 Å². The quantitative estimate of drug-likeness (QED) is 0.941. The first-order chi connectivity index (χ1) is 10.9. The Morgan fingerprint density at radius 3 is 2.86 bits per heavy atom. The van der Waals surface area contributed by atoms with E-state index < -0.39 is 0 Å². The summed E-state index contributed by atoms with van der Waals surface area (Å²) in [5, 5.41) is 5.86. The SMILES string of the molecule is c1cc(N2CCCC2)c2ccnc(OCC3CCCN3)c2c1. The van der Waals surface area contributed by atoms with Crippen LogP contribution in [0.5, 0.6) is 5.88 Å². The fourth-order valence-electron chi connectivity index (χ4n) is 3.59. The lowest BCUT2D eigenvalue weighted by molar-refractivity contribution is 0.271. The maximum absolute atomic E-state index is 6.03. The van der Waals surface area contributed by atoms with Gasteiger partial charge in [0.05, 0.1) is 0 Å². The molecule has 2 aliphatic rings. The van der Waals surface area contributed by atoms with Gasteiger partial charge < -0.3 is 15.0 Å². The van der Waals surface area contributed by atoms with Crippen LogP contribution >= 0.6 is 0 Å². The van der Waals surface area contributed by atoms with Crippen LogP contribution in [0.1, 0.15) is 25.7 Å². The lowest BCUT2D eigenvalue weighted by Crippen LogP contribution is -2.28. The zero-order valence-corrected chi connectivity index (χ0v) is 12.9. The Kier molecular flexibility index (Phi) is 3.85. The summed E-state index contributed by atoms with van der Waals surface area (Å²) >= 11 is 0. The molecular formula is C18H23N3O. The van der Waals surface area contributed by atoms with Crippen molar-refractivity contribution in [2.75, 3.05) is 31.1 Å². The third-order valence-electron chi connectivity index (χ3n) is 4.78. The van der Waals surface area contributed by atoms with Crippen LogP contribution in [0.2, 0.25) is 0 Å². The fourth-order valence-corrected chi connectivity index (χ4v) is 3.59. The molecule has 4 rings (SSSR count). The Morgan fingerprint density at radius 1 is 1.14 bits per heavy atom. The van der Waals surface area contributed by atoms with Crippen molar-refractivity contribution in [3.63, 3.8) is 0 Å². The largest absolute Gasteiger partial charge is 0.476 e. The van der Waals surface area contributed by atoms with Crippen molar-refractivity contribution in [2.24, 2.45) is 0 Å². The molecule has 0 aliphatic carbocycles. The van der Waals surface area contributed by atoms with Gasteiger partial charge in [-0.2, -0.15) is 0 Å². The van der Waals surface area contributed by atoms with Gasteiger partial charge in [-0.15, -0.1) is 0 Å². The lowest BCUT2D eigenvalue weighted by Gasteiger charge is -2.20. The van der Waals surface area contributed by atoms with Crippen LogP contribution in [0.15, 0.2) is 30.5 Å². The topological polar surface area (TPSA) is 37.4 Å². The van der Waals surface area contributed by atoms with Crippen LogP contribution in [0, 0.1) is 0 Å². The van der Waals surface area contributed by atoms with Crippen LogP contribution in [0.4, 0.5) is 5.69 Å². The highest BCUT2D eigenvalue weighted by atomic mass is 16.5. The number of pyridine rings is 1. The Bertz CT molecular complexity index is 646. The minimum atomic E-state index is 0.471. The van der Waals surface area contributed by atoms with Gasteiger partial charge in [0.1, 0.15) is 6.61 Å². The normalized spacial score (nSPS) is 21.6. The molecule has 4 nitrogen and oxygen atoms in total. The van der Waals surface area contributed by atoms with Crippen molar-refractivity contribution in [2.45, 2.75) is 31.7 Å². The van der Waals surface area contributed by atoms with Crippen LogP contribution in [0.3, 0.4) is 0 Å². The third kappa shape index (κ3) is 2.63. The van der Waals surface area contributed by atoms with Gasteiger partial charge in [0.25, 0.3) is 0 Å². The summed E-state index contributed by atoms with van der Waals surface area (Å²) in [6.45, 7) is 4.13. The van der Waals surface area contributed by atoms with E-state index in [1.54, 1.807) is 0 Å². The minimum Gasteiger partial charge on any atom is -0.476 e. The molecule has 1 N–H and O–H groups in total. The highest BCUT2D eigenvalue weighted by Crippen LogP contribution is 2.33. The monoisotopic (exact) mass is 297 g/mol. The molecule has 116 valence electrons. The third-order valence-corrected chi connectivity index (χ3v) is 4.78. The van der Waals surface area contributed by atoms with Crippen LogP contribution in [-0.4, -0.2) is 37.3 Å². The molecule has 0 radical (unpaired) electrons. The molecule has 0 spiro atoms. The highest BCUT2D eigenvalue weighted by molar-refractivity contribution is 5.97. The average Bonchev–Trinajstić information content (AvgIpc) is 3.25. The average molecular weight is 297 g/mol. The second kappa shape index (κ2) is 6.13. The molecule has 4 heteroatoms. The van der Waals surface area contributed by atoms with E-state index in [9.17, 15) is 0 Å². The van der Waals surface area contributed by atoms with E-state index in [0.29, 0.717) is 12.6 Å². The van der Waals surface area contributed by atoms with Crippen LogP contribution in [0.25, 0.3) is 10.8 Å². The van der Waals surface area contributed by atoms with E-state index in [0.717, 1.165) is 30.9 Å². The predicted octanol–water partition coefficient (Wildman–Crippen LogP) is 2.97. The van der Waals surface area contributed by atoms with Crippen molar-refractivity contribution in [3.05, 3.63) is 30.5 Å². The first kappa shape index (κ1) is 13.8. The second-order valence-corrected chi connectivity index (χ2v) is 6.29. The van der Waals surface area contributed by atoms with Gasteiger partial charge >= 0.3 is 0 Å². The zero-order valence-electron chi connectivity index (χ0n) is 12.9. The molecule has 0 amide bonds. The molecule has 1 unspecified atom stereocenters. The molecular weight excluding hydrogens is 274 g/mol. The summed E-state index contributed by atoms with van der Waals surface area (Å²) in [6, 6.07) is 9.05. The molecule has 0 bridgehead atoms. The van der Waals surface area contributed by atoms with Gasteiger partial charge in [-0.1, -0.05) is 6.07 Å². The maximum Gasteiger partial charge on any atom is 0.221 e. The molecule has 1 aromatic heterocycles. The van der Waals surface area contributed by atoms with Crippen molar-refractivity contribution in [1.29, 1.82) is 0 Å². The van der Waals surface area contributed by atoms with E-state index in [2.05, 4.69) is 39.5 Å². The summed E-state index contributed by atoms with van der Waals surface area (Å²) < 4.78 is 6.03. The number of ether oxygens (including phenoxy) is 1. The number of rotatable bonds is 4. The number of anilines is 1. The summed E-state index contributed by atoms with van der Waals surface area (Å²) in [4.78, 5) is 6.94. The molecule has 2 saturated heterocycles. The van der Waals surface area contributed by atoms with Crippen molar-refractivity contribution >= 4 is 16.5 Å². The lowest BCUT2D eigenvalue weighted by atomic mass is 10.1. The number of hydrogen-bond acceptors (Lipinski definition) is 4. The number of fused-ring (bicyclic) bond motifs is 1. The van der Waals surface area contributed by atoms with E-state index >= 15 is 0 Å². The maximum atomic E-state index is 6.03. The van der Waals surface area contributed by atoms with Gasteiger partial charge in [0, 0.05) is 41.8 Å². The number of aromatic nitrogens is 1. The number of nitrogens with one attached hydrogen (secondary N) is 1. The molecule has 3 heterocycles. The van der Waals surface area contributed by atoms with Gasteiger partial charge in [-0.3, -0.25) is 0 Å². The minimum absolute atomic E-state index is 0.471. The Morgan fingerprint density at radius 2 is 2.05 bits per heavy atom. The number of hydrogen-bond donors (Lipinski definition) is 1. The molecule has 0 saturated carbocycles. The van der Waals surface area contributed by atoms with Crippen molar-refractivity contribution in [3.8, 4) is 5.88 Å². The molecule has 1 atom stereocenters. The van der Waals surface area contributed by atoms with Gasteiger partial charge in [0.15, 0.2) is 0 Å². The molecule has 2 aromatic rings. The van der Waals surface area contributed by atoms with Crippen molar-refractivity contribution in [1.82, 2.24) is 10.3 Å². The van der Waals surface area contributed by atoms with Gasteiger partial charge in [-0.05, 0) is 50.4 Å². The molecule has 2 fully saturated rings. The second-order valence-electron chi connectivity index (χ2n) is 6.29. The molecule has 22 heavy (non-hydrogen) atoms. The van der Waals surface area contributed by atoms with E-state index in [1.165, 1.54) is 36.8 Å². The van der Waals surface area contributed by atoms with E-state index in [4.69, 9.17) is 4.74 Å². The zero-order chi connectivity index (χ0) is 14.8. The Balaban J connectivity index is 1.62. The van der Waals surface area contributed by atoms with E-state index in [1.807, 2.05) is 6.20 Å². The smallest absolute Gasteiger partial charge is 0.221 e. The summed E-state index contributed by atoms with van der Waals surface area (Å²) in [6.07, 6.45) is 6.90. The standard InChI is InChI=1S/C18H23N3O/c1-2-12-21(11-1)17-7-3-6-16-15(17)8-10-20-18(16)22-13-14-5-4-9-19-14/h3,6-8,10,14,19H,1-2,4-5,9,11-13H2. The van der Waals surface area contributed by atoms with Crippen LogP contribution < -0.4 is 15.0 Å². The van der Waals surface area contributed by atoms with Crippen LogP contribution in [-0.2, 0) is 0 Å². The van der Waals surface area contributed by atoms with Gasteiger partial charge in [0.2, 0.25) is 5.88 Å². The van der Waals surface area contributed by atoms with Crippen molar-refractivity contribution < 1.29 is 4.74 Å². The number of nitrogens with zero attached hydrogens (tertiary/aromatic N) is 2. The summed E-state index contributed by atoms with van der Waals surface area (Å²) in [7, 11) is 0. The summed E-state index contributed by atoms with van der Waals surface area (Å²) in [5.41, 5.74) is 1.32. The predicted molar refractivity (Wildman–Crippen MR) is 89.7 cm³/mol. The number of benzene rings is 1. The fraction of sp³-hybridized carbons (Fsp3) is 0.500. The molecule has 1 aromatic carbocycles. The first-order valence-electron chi connectivity index (χ1n) is 8.41.